The van der Waals surface area contributed by atoms with Gasteiger partial charge in [0.25, 0.3) is 0 Å². The Morgan fingerprint density at radius 1 is 1.27 bits per heavy atom. The van der Waals surface area contributed by atoms with Crippen molar-refractivity contribution in [1.82, 2.24) is 9.55 Å². The van der Waals surface area contributed by atoms with Crippen molar-refractivity contribution in [3.05, 3.63) is 50.0 Å². The summed E-state index contributed by atoms with van der Waals surface area (Å²) in [6.45, 7) is 1.32. The summed E-state index contributed by atoms with van der Waals surface area (Å²) in [5.41, 5.74) is 2.36. The minimum absolute atomic E-state index is 0.0854. The Labute approximate surface area is 189 Å². The van der Waals surface area contributed by atoms with Gasteiger partial charge in [-0.15, -0.1) is 0 Å². The molecule has 1 aliphatic carbocycles. The third kappa shape index (κ3) is 4.85. The van der Waals surface area contributed by atoms with E-state index in [-0.39, 0.29) is 23.5 Å². The van der Waals surface area contributed by atoms with Gasteiger partial charge in [0.15, 0.2) is 0 Å². The van der Waals surface area contributed by atoms with E-state index in [4.69, 9.17) is 27.9 Å². The lowest BCUT2D eigenvalue weighted by Crippen LogP contribution is -2.34. The molecule has 0 radical (unpaired) electrons. The van der Waals surface area contributed by atoms with Crippen molar-refractivity contribution >= 4 is 46.6 Å². The Morgan fingerprint density at radius 2 is 2.10 bits per heavy atom. The van der Waals surface area contributed by atoms with Crippen LogP contribution >= 0.6 is 35.0 Å². The monoisotopic (exact) mass is 467 g/mol. The molecule has 1 aromatic carbocycles. The van der Waals surface area contributed by atoms with E-state index in [1.165, 1.54) is 11.8 Å². The first-order valence-corrected chi connectivity index (χ1v) is 11.9. The van der Waals surface area contributed by atoms with Gasteiger partial charge in [0, 0.05) is 17.9 Å². The maximum Gasteiger partial charge on any atom is 0.348 e. The molecule has 4 rings (SSSR count). The molecule has 1 unspecified atom stereocenters. The van der Waals surface area contributed by atoms with Crippen LogP contribution in [0.1, 0.15) is 36.9 Å². The molecule has 160 valence electrons. The van der Waals surface area contributed by atoms with Crippen molar-refractivity contribution in [2.45, 2.75) is 56.2 Å². The molecule has 2 heterocycles. The number of nitrogens with zero attached hydrogens (tertiary/aromatic N) is 2. The van der Waals surface area contributed by atoms with Crippen LogP contribution in [0, 0.1) is 0 Å². The number of benzene rings is 1. The Morgan fingerprint density at radius 3 is 2.90 bits per heavy atom. The van der Waals surface area contributed by atoms with Gasteiger partial charge in [-0.05, 0) is 50.7 Å². The maximum atomic E-state index is 12.8. The fourth-order valence-electron chi connectivity index (χ4n) is 3.97. The van der Waals surface area contributed by atoms with Crippen LogP contribution in [0.25, 0.3) is 0 Å². The van der Waals surface area contributed by atoms with E-state index < -0.39 is 0 Å². The van der Waals surface area contributed by atoms with Gasteiger partial charge >= 0.3 is 5.69 Å². The van der Waals surface area contributed by atoms with Crippen molar-refractivity contribution in [2.75, 3.05) is 17.7 Å². The normalized spacial score (nSPS) is 18.3. The predicted octanol–water partition coefficient (Wildman–Crippen LogP) is 4.34. The van der Waals surface area contributed by atoms with Gasteiger partial charge in [-0.3, -0.25) is 9.36 Å². The number of nitrogens with one attached hydrogen (secondary N) is 1. The fourth-order valence-corrected chi connectivity index (χ4v) is 5.19. The van der Waals surface area contributed by atoms with Gasteiger partial charge in [0.2, 0.25) is 5.91 Å². The first-order valence-electron chi connectivity index (χ1n) is 10.1. The molecule has 1 amide bonds. The number of carbonyl (C=O) groups excluding carboxylic acids is 1. The topological polar surface area (TPSA) is 73.2 Å². The summed E-state index contributed by atoms with van der Waals surface area (Å²) in [5, 5.41) is 4.12. The Kier molecular flexibility index (Phi) is 7.03. The first kappa shape index (κ1) is 21.7. The largest absolute Gasteiger partial charge is 0.376 e. The summed E-state index contributed by atoms with van der Waals surface area (Å²) in [7, 11) is 0. The number of hydrogen-bond donors (Lipinski definition) is 1. The fraction of sp³-hybridized carbons (Fsp3) is 0.476. The summed E-state index contributed by atoms with van der Waals surface area (Å²) in [4.78, 5) is 29.5. The Hall–Kier alpha value is -1.54. The SMILES string of the molecule is O=C(CSc1nc(=O)n(CC2CCCO2)c2c1CCCC2)Nc1cccc(Cl)c1Cl. The molecule has 6 nitrogen and oxygen atoms in total. The van der Waals surface area contributed by atoms with E-state index in [2.05, 4.69) is 10.3 Å². The number of halogens is 2. The second-order valence-electron chi connectivity index (χ2n) is 7.52. The molecule has 1 aliphatic heterocycles. The highest BCUT2D eigenvalue weighted by molar-refractivity contribution is 8.00. The smallest absolute Gasteiger partial charge is 0.348 e. The number of fused-ring (bicyclic) bond motifs is 1. The molecule has 1 aromatic heterocycles. The zero-order valence-electron chi connectivity index (χ0n) is 16.5. The van der Waals surface area contributed by atoms with Crippen LogP contribution in [-0.4, -0.2) is 33.9 Å². The molecule has 0 bridgehead atoms. The van der Waals surface area contributed by atoms with Crippen LogP contribution in [0.15, 0.2) is 28.0 Å². The molecular formula is C21H23Cl2N3O3S. The number of carbonyl (C=O) groups is 1. The van der Waals surface area contributed by atoms with E-state index in [0.717, 1.165) is 56.4 Å². The summed E-state index contributed by atoms with van der Waals surface area (Å²) < 4.78 is 7.51. The number of hydrogen-bond acceptors (Lipinski definition) is 5. The minimum atomic E-state index is -0.257. The third-order valence-corrected chi connectivity index (χ3v) is 7.26. The standard InChI is InChI=1S/C21H23Cl2N3O3S/c22-15-7-3-8-16(19(15)23)24-18(27)12-30-20-14-6-1-2-9-17(14)26(21(28)25-20)11-13-5-4-10-29-13/h3,7-8,13H,1-2,4-6,9-12H2,(H,24,27). The van der Waals surface area contributed by atoms with Crippen molar-refractivity contribution in [3.8, 4) is 0 Å². The zero-order valence-corrected chi connectivity index (χ0v) is 18.8. The van der Waals surface area contributed by atoms with E-state index >= 15 is 0 Å². The zero-order chi connectivity index (χ0) is 21.1. The highest BCUT2D eigenvalue weighted by atomic mass is 35.5. The molecule has 0 spiro atoms. The van der Waals surface area contributed by atoms with Crippen LogP contribution in [0.3, 0.4) is 0 Å². The van der Waals surface area contributed by atoms with Gasteiger partial charge in [-0.2, -0.15) is 4.98 Å². The van der Waals surface area contributed by atoms with E-state index in [1.54, 1.807) is 22.8 Å². The van der Waals surface area contributed by atoms with Gasteiger partial charge in [0.05, 0.1) is 34.1 Å². The van der Waals surface area contributed by atoms with Crippen LogP contribution in [0.4, 0.5) is 5.69 Å². The number of thioether (sulfide) groups is 1. The van der Waals surface area contributed by atoms with Gasteiger partial charge in [0.1, 0.15) is 5.03 Å². The van der Waals surface area contributed by atoms with Gasteiger partial charge in [-0.25, -0.2) is 4.79 Å². The van der Waals surface area contributed by atoms with Crippen LogP contribution < -0.4 is 11.0 Å². The predicted molar refractivity (Wildman–Crippen MR) is 120 cm³/mol. The molecule has 1 fully saturated rings. The molecule has 1 N–H and O–H groups in total. The molecule has 1 atom stereocenters. The molecule has 30 heavy (non-hydrogen) atoms. The van der Waals surface area contributed by atoms with Crippen LogP contribution in [0.2, 0.25) is 10.0 Å². The minimum Gasteiger partial charge on any atom is -0.376 e. The quantitative estimate of drug-likeness (QED) is 0.505. The number of amides is 1. The number of aromatic nitrogens is 2. The highest BCUT2D eigenvalue weighted by Gasteiger charge is 2.24. The summed E-state index contributed by atoms with van der Waals surface area (Å²) in [5.74, 6) is -0.0867. The molecule has 1 saturated heterocycles. The Balaban J connectivity index is 1.50. The lowest BCUT2D eigenvalue weighted by atomic mass is 9.97. The third-order valence-electron chi connectivity index (χ3n) is 5.43. The van der Waals surface area contributed by atoms with E-state index in [0.29, 0.717) is 27.3 Å². The average Bonchev–Trinajstić information content (AvgIpc) is 3.25. The van der Waals surface area contributed by atoms with Gasteiger partial charge < -0.3 is 10.1 Å². The highest BCUT2D eigenvalue weighted by Crippen LogP contribution is 2.31. The van der Waals surface area contributed by atoms with Crippen LogP contribution in [0.5, 0.6) is 0 Å². The van der Waals surface area contributed by atoms with E-state index in [1.807, 2.05) is 0 Å². The summed E-state index contributed by atoms with van der Waals surface area (Å²) in [6, 6.07) is 5.09. The lowest BCUT2D eigenvalue weighted by Gasteiger charge is -2.24. The average molecular weight is 468 g/mol. The molecular weight excluding hydrogens is 445 g/mol. The van der Waals surface area contributed by atoms with Crippen LogP contribution in [-0.2, 0) is 28.9 Å². The molecule has 0 saturated carbocycles. The molecule has 2 aliphatic rings. The van der Waals surface area contributed by atoms with Gasteiger partial charge in [-0.1, -0.05) is 41.0 Å². The summed E-state index contributed by atoms with van der Waals surface area (Å²) >= 11 is 13.4. The van der Waals surface area contributed by atoms with Crippen molar-refractivity contribution in [3.63, 3.8) is 0 Å². The Bertz CT molecular complexity index is 1010. The lowest BCUT2D eigenvalue weighted by molar-refractivity contribution is -0.113. The number of anilines is 1. The first-order chi connectivity index (χ1) is 14.5. The number of rotatable bonds is 6. The molecule has 9 heteroatoms. The second-order valence-corrected chi connectivity index (χ2v) is 9.26. The van der Waals surface area contributed by atoms with E-state index in [9.17, 15) is 9.59 Å². The molecule has 2 aromatic rings. The van der Waals surface area contributed by atoms with Crippen molar-refractivity contribution in [1.29, 1.82) is 0 Å². The van der Waals surface area contributed by atoms with Crippen molar-refractivity contribution in [2.24, 2.45) is 0 Å². The second kappa shape index (κ2) is 9.73. The number of ether oxygens (including phenoxy) is 1. The maximum absolute atomic E-state index is 12.8. The van der Waals surface area contributed by atoms with Crippen molar-refractivity contribution < 1.29 is 9.53 Å². The summed E-state index contributed by atoms with van der Waals surface area (Å²) in [6.07, 6.45) is 5.95.